The van der Waals surface area contributed by atoms with Gasteiger partial charge in [0.05, 0.1) is 0 Å². The van der Waals surface area contributed by atoms with E-state index in [1.54, 1.807) is 0 Å². The van der Waals surface area contributed by atoms with Crippen LogP contribution in [0.2, 0.25) is 0 Å². The van der Waals surface area contributed by atoms with Crippen molar-refractivity contribution < 1.29 is 61.5 Å². The van der Waals surface area contributed by atoms with Gasteiger partial charge in [0.15, 0.2) is 0 Å². The van der Waals surface area contributed by atoms with Crippen molar-refractivity contribution in [2.75, 3.05) is 0 Å². The van der Waals surface area contributed by atoms with Crippen LogP contribution < -0.4 is 0 Å². The second-order valence-corrected chi connectivity index (χ2v) is 4.99. The topological polar surface area (TPSA) is 0 Å². The summed E-state index contributed by atoms with van der Waals surface area (Å²) < 4.78 is 182. The lowest BCUT2D eigenvalue weighted by Gasteiger charge is -2.42. The Labute approximate surface area is 131 Å². The van der Waals surface area contributed by atoms with Crippen molar-refractivity contribution in [1.29, 1.82) is 0 Å². The van der Waals surface area contributed by atoms with E-state index < -0.39 is 54.3 Å². The van der Waals surface area contributed by atoms with Crippen LogP contribution in [0.25, 0.3) is 0 Å². The van der Waals surface area contributed by atoms with Crippen molar-refractivity contribution in [2.24, 2.45) is 0 Å². The van der Waals surface area contributed by atoms with E-state index in [9.17, 15) is 61.5 Å². The Bertz CT molecular complexity index is 435. The van der Waals surface area contributed by atoms with Crippen LogP contribution in [0.5, 0.6) is 0 Å². The predicted octanol–water partition coefficient (Wildman–Crippen LogP) is 6.25. The van der Waals surface area contributed by atoms with E-state index in [1.165, 1.54) is 0 Å². The van der Waals surface area contributed by atoms with Gasteiger partial charge in [-0.15, -0.1) is 0 Å². The highest BCUT2D eigenvalue weighted by Gasteiger charge is 2.92. The molecule has 0 aliphatic carbocycles. The summed E-state index contributed by atoms with van der Waals surface area (Å²) in [7, 11) is 0. The van der Waals surface area contributed by atoms with Gasteiger partial charge < -0.3 is 0 Å². The Hall–Kier alpha value is -0.980. The molecule has 0 radical (unpaired) electrons. The average molecular weight is 408 g/mol. The SMILES string of the molecule is CCC(F)(F)C(F)(F)C(F)(F)C(F)(F)C(F)(F)C(F)(F)C(F)(F)CC. The predicted molar refractivity (Wildman–Crippen MR) is 55.2 cm³/mol. The quantitative estimate of drug-likeness (QED) is 0.417. The summed E-state index contributed by atoms with van der Waals surface area (Å²) in [4.78, 5) is 0. The minimum atomic E-state index is -7.95. The van der Waals surface area contributed by atoms with Gasteiger partial charge in [-0.3, -0.25) is 0 Å². The highest BCUT2D eigenvalue weighted by atomic mass is 19.4. The molecule has 0 fully saturated rings. The van der Waals surface area contributed by atoms with Gasteiger partial charge in [0.1, 0.15) is 0 Å². The fourth-order valence-electron chi connectivity index (χ4n) is 1.49. The molecule has 0 nitrogen and oxygen atoms in total. The van der Waals surface area contributed by atoms with E-state index in [4.69, 9.17) is 0 Å². The van der Waals surface area contributed by atoms with Gasteiger partial charge in [0, 0.05) is 12.8 Å². The van der Waals surface area contributed by atoms with Crippen LogP contribution in [0.1, 0.15) is 26.7 Å². The molecule has 0 N–H and O–H groups in total. The molecule has 0 heterocycles. The fraction of sp³-hybridized carbons (Fsp3) is 1.00. The molecule has 152 valence electrons. The summed E-state index contributed by atoms with van der Waals surface area (Å²) in [5, 5.41) is 0. The molecule has 0 aliphatic heterocycles. The zero-order valence-corrected chi connectivity index (χ0v) is 12.2. The molecule has 0 saturated carbocycles. The van der Waals surface area contributed by atoms with Gasteiger partial charge in [-0.05, 0) is 0 Å². The lowest BCUT2D eigenvalue weighted by atomic mass is 9.88. The van der Waals surface area contributed by atoms with Gasteiger partial charge >= 0.3 is 41.5 Å². The normalized spacial score (nSPS) is 16.3. The molecule has 0 spiro atoms. The summed E-state index contributed by atoms with van der Waals surface area (Å²) in [5.74, 6) is -50.1. The van der Waals surface area contributed by atoms with E-state index in [0.29, 0.717) is 0 Å². The Balaban J connectivity index is 6.46. The standard InChI is InChI=1S/C11H10F14/c1-3-5(12,13)7(16,17)9(20,21)11(24,25)10(22,23)8(18,19)6(14,15)4-2/h3-4H2,1-2H3. The number of halogens is 14. The highest BCUT2D eigenvalue weighted by Crippen LogP contribution is 2.62. The summed E-state index contributed by atoms with van der Waals surface area (Å²) in [6.45, 7) is 0.167. The highest BCUT2D eigenvalue weighted by molar-refractivity contribution is 5.13. The molecular formula is C11H10F14. The molecule has 25 heavy (non-hydrogen) atoms. The lowest BCUT2D eigenvalue weighted by molar-refractivity contribution is -0.441. The molecule has 0 atom stereocenters. The van der Waals surface area contributed by atoms with E-state index in [2.05, 4.69) is 0 Å². The van der Waals surface area contributed by atoms with Crippen molar-refractivity contribution >= 4 is 0 Å². The van der Waals surface area contributed by atoms with Crippen molar-refractivity contribution in [3.63, 3.8) is 0 Å². The second-order valence-electron chi connectivity index (χ2n) is 4.99. The van der Waals surface area contributed by atoms with Crippen LogP contribution in [-0.4, -0.2) is 41.5 Å². The molecule has 0 aromatic heterocycles. The van der Waals surface area contributed by atoms with Gasteiger partial charge in [0.2, 0.25) is 0 Å². The molecule has 0 aromatic carbocycles. The Morgan fingerprint density at radius 3 is 0.680 bits per heavy atom. The zero-order chi connectivity index (χ0) is 20.9. The Kier molecular flexibility index (Phi) is 5.79. The Morgan fingerprint density at radius 1 is 0.360 bits per heavy atom. The maximum atomic E-state index is 13.2. The molecule has 0 amide bonds. The third-order valence-electron chi connectivity index (χ3n) is 3.38. The monoisotopic (exact) mass is 408 g/mol. The van der Waals surface area contributed by atoms with Crippen molar-refractivity contribution in [2.45, 2.75) is 68.1 Å². The van der Waals surface area contributed by atoms with Gasteiger partial charge in [0.25, 0.3) is 0 Å². The van der Waals surface area contributed by atoms with Crippen LogP contribution in [0.3, 0.4) is 0 Å². The Morgan fingerprint density at radius 2 is 0.520 bits per heavy atom. The minimum Gasteiger partial charge on any atom is -0.200 e. The first-order valence-corrected chi connectivity index (χ1v) is 6.27. The van der Waals surface area contributed by atoms with E-state index in [1.807, 2.05) is 0 Å². The maximum Gasteiger partial charge on any atom is 0.384 e. The third kappa shape index (κ3) is 2.92. The largest absolute Gasteiger partial charge is 0.384 e. The number of hydrogen-bond acceptors (Lipinski definition) is 0. The van der Waals surface area contributed by atoms with E-state index in [0.717, 1.165) is 0 Å². The van der Waals surface area contributed by atoms with Gasteiger partial charge in [-0.1, -0.05) is 13.8 Å². The molecule has 0 unspecified atom stereocenters. The number of rotatable bonds is 8. The molecule has 0 aromatic rings. The van der Waals surface area contributed by atoms with Crippen LogP contribution in [-0.2, 0) is 0 Å². The first-order valence-electron chi connectivity index (χ1n) is 6.27. The molecular weight excluding hydrogens is 398 g/mol. The third-order valence-corrected chi connectivity index (χ3v) is 3.38. The van der Waals surface area contributed by atoms with Crippen molar-refractivity contribution in [1.82, 2.24) is 0 Å². The van der Waals surface area contributed by atoms with Crippen molar-refractivity contribution in [3.05, 3.63) is 0 Å². The molecule has 0 bridgehead atoms. The van der Waals surface area contributed by atoms with Gasteiger partial charge in [-0.2, -0.15) is 61.5 Å². The molecule has 0 aliphatic rings. The smallest absolute Gasteiger partial charge is 0.200 e. The van der Waals surface area contributed by atoms with Crippen LogP contribution in [0.15, 0.2) is 0 Å². The average Bonchev–Trinajstić information content (AvgIpc) is 2.45. The van der Waals surface area contributed by atoms with Crippen molar-refractivity contribution in [3.8, 4) is 0 Å². The zero-order valence-electron chi connectivity index (χ0n) is 12.2. The van der Waals surface area contributed by atoms with E-state index in [-0.39, 0.29) is 13.8 Å². The van der Waals surface area contributed by atoms with Crippen LogP contribution >= 0.6 is 0 Å². The van der Waals surface area contributed by atoms with Crippen LogP contribution in [0.4, 0.5) is 61.5 Å². The molecule has 14 heteroatoms. The minimum absolute atomic E-state index is 0.0834. The molecule has 0 rings (SSSR count). The summed E-state index contributed by atoms with van der Waals surface area (Å²) in [5.41, 5.74) is 0. The fourth-order valence-corrected chi connectivity index (χ4v) is 1.49. The lowest BCUT2D eigenvalue weighted by Crippen LogP contribution is -2.72. The van der Waals surface area contributed by atoms with Gasteiger partial charge in [-0.25, -0.2) is 0 Å². The van der Waals surface area contributed by atoms with E-state index >= 15 is 0 Å². The number of hydrogen-bond donors (Lipinski definition) is 0. The summed E-state index contributed by atoms with van der Waals surface area (Å²) in [6.07, 6.45) is -4.53. The maximum absolute atomic E-state index is 13.2. The first kappa shape index (κ1) is 24.0. The molecule has 0 saturated heterocycles. The van der Waals surface area contributed by atoms with Crippen LogP contribution in [0, 0.1) is 0 Å². The summed E-state index contributed by atoms with van der Waals surface area (Å²) >= 11 is 0. The second kappa shape index (κ2) is 6.03. The first-order chi connectivity index (χ1) is 10.6. The summed E-state index contributed by atoms with van der Waals surface area (Å²) in [6, 6.07) is 0. The number of alkyl halides is 14.